The van der Waals surface area contributed by atoms with E-state index in [1.807, 2.05) is 0 Å². The van der Waals surface area contributed by atoms with E-state index in [0.717, 1.165) is 24.5 Å². The molecule has 0 bridgehead atoms. The van der Waals surface area contributed by atoms with E-state index in [0.29, 0.717) is 12.3 Å². The Morgan fingerprint density at radius 1 is 0.635 bits per heavy atom. The van der Waals surface area contributed by atoms with E-state index in [1.165, 1.54) is 24.3 Å². The summed E-state index contributed by atoms with van der Waals surface area (Å²) in [5.41, 5.74) is 3.60. The lowest BCUT2D eigenvalue weighted by molar-refractivity contribution is -0.432. The molecule has 0 spiro atoms. The molecule has 0 aromatic heterocycles. The van der Waals surface area contributed by atoms with Crippen molar-refractivity contribution >= 4 is 103 Å². The zero-order chi connectivity index (χ0) is 38.8. The maximum atomic E-state index is 12.5. The minimum absolute atomic E-state index is 0.0299. The van der Waals surface area contributed by atoms with Gasteiger partial charge in [0, 0.05) is 12.5 Å². The molecule has 4 rings (SSSR count). The third kappa shape index (κ3) is 9.37. The molecule has 4 aromatic carbocycles. The molecule has 0 radical (unpaired) electrons. The van der Waals surface area contributed by atoms with Crippen LogP contribution < -0.4 is 5.73 Å². The number of anilines is 1. The Balaban J connectivity index is 2.03. The third-order valence-corrected chi connectivity index (χ3v) is 11.6. The average Bonchev–Trinajstić information content (AvgIpc) is 3.03. The van der Waals surface area contributed by atoms with E-state index in [-0.39, 0.29) is 50.6 Å². The summed E-state index contributed by atoms with van der Waals surface area (Å²) in [7, 11) is -18.4. The maximum Gasteiger partial charge on any atom is 0.296 e. The van der Waals surface area contributed by atoms with Crippen LogP contribution in [0.4, 0.5) is 28.4 Å². The largest absolute Gasteiger partial charge is 0.505 e. The molecule has 0 heterocycles. The molecule has 0 amide bonds. The molecular formula is C24H21N5O17S6. The van der Waals surface area contributed by atoms with Crippen molar-refractivity contribution in [3.8, 4) is 5.75 Å². The van der Waals surface area contributed by atoms with Crippen LogP contribution in [0.1, 0.15) is 0 Å². The molecule has 280 valence electrons. The van der Waals surface area contributed by atoms with Gasteiger partial charge in [-0.05, 0) is 53.9 Å². The molecule has 0 aliphatic carbocycles. The van der Waals surface area contributed by atoms with Crippen molar-refractivity contribution in [3.63, 3.8) is 0 Å². The zero-order valence-corrected chi connectivity index (χ0v) is 30.5. The maximum absolute atomic E-state index is 12.5. The van der Waals surface area contributed by atoms with Crippen molar-refractivity contribution in [2.45, 2.75) is 29.4 Å². The first kappa shape index (κ1) is 40.9. The molecule has 0 aliphatic heterocycles. The Hall–Kier alpha value is -3.88. The Morgan fingerprint density at radius 2 is 1.12 bits per heavy atom. The average molecular weight is 844 g/mol. The van der Waals surface area contributed by atoms with Crippen molar-refractivity contribution < 1.29 is 77.1 Å². The van der Waals surface area contributed by atoms with Gasteiger partial charge >= 0.3 is 0 Å². The quantitative estimate of drug-likeness (QED) is 0.0239. The topological polar surface area (TPSA) is 350 Å². The van der Waals surface area contributed by atoms with Crippen LogP contribution in [0.5, 0.6) is 5.75 Å². The lowest BCUT2D eigenvalue weighted by Gasteiger charge is -2.14. The van der Waals surface area contributed by atoms with Gasteiger partial charge in [0.05, 0.1) is 60.4 Å². The van der Waals surface area contributed by atoms with Crippen LogP contribution in [0, 0.1) is 0 Å². The number of phenols is 1. The normalized spacial score (nSPS) is 13.1. The number of hydrogen-bond acceptors (Lipinski definition) is 22. The van der Waals surface area contributed by atoms with Crippen molar-refractivity contribution in [2.75, 3.05) is 18.2 Å². The monoisotopic (exact) mass is 843 g/mol. The van der Waals surface area contributed by atoms with Gasteiger partial charge in [-0.15, -0.1) is 24.0 Å². The minimum atomic E-state index is -5.35. The molecule has 0 fully saturated rings. The lowest BCUT2D eigenvalue weighted by atomic mass is 10.1. The predicted octanol–water partition coefficient (Wildman–Crippen LogP) is 5.12. The van der Waals surface area contributed by atoms with Crippen LogP contribution >= 0.6 is 24.1 Å². The molecule has 0 atom stereocenters. The van der Waals surface area contributed by atoms with Crippen molar-refractivity contribution in [1.82, 2.24) is 0 Å². The fourth-order valence-electron chi connectivity index (χ4n) is 4.17. The molecule has 0 saturated heterocycles. The van der Waals surface area contributed by atoms with Crippen LogP contribution in [0.2, 0.25) is 0 Å². The van der Waals surface area contributed by atoms with Gasteiger partial charge in [-0.1, -0.05) is 10.1 Å². The van der Waals surface area contributed by atoms with Gasteiger partial charge in [-0.25, -0.2) is 27.4 Å². The van der Waals surface area contributed by atoms with E-state index in [4.69, 9.17) is 16.2 Å². The highest BCUT2D eigenvalue weighted by Crippen LogP contribution is 2.50. The number of benzene rings is 4. The Morgan fingerprint density at radius 3 is 1.62 bits per heavy atom. The molecule has 0 unspecified atom stereocenters. The summed E-state index contributed by atoms with van der Waals surface area (Å²) < 4.78 is 126. The van der Waals surface area contributed by atoms with Gasteiger partial charge in [0.2, 0.25) is 0 Å². The molecular weight excluding hydrogens is 823 g/mol. The standard InChI is InChI=1S/C24H21N5O17S6/c1-49(33,34)13-5-3-12(4-6-13)26-28-22-15(47-45-43-31)7-11-8-17(51(37,38)39)23(24(30)19(11)20(22)25)29-27-21-16(48-46-44-32)9-14(50(2,35)36)10-18(21)52(40,41)42/h3-10,30-32H,25H2,1-2H3,(H,37,38,39)(H,40,41,42). The molecule has 0 saturated carbocycles. The number of nitrogens with zero attached hydrogens (tertiary/aromatic N) is 4. The summed E-state index contributed by atoms with van der Waals surface area (Å²) in [6.45, 7) is 0. The summed E-state index contributed by atoms with van der Waals surface area (Å²) in [4.78, 5) is -3.86. The Bertz CT molecular complexity index is 2560. The Kier molecular flexibility index (Phi) is 12.3. The SMILES string of the molecule is CS(=O)(=O)c1ccc(N=Nc2c(SOOO)cc3cc(S(=O)(=O)O)c(N=Nc4c(SOOO)cc(S(C)(=O)=O)cc4S(=O)(=O)O)c(O)c3c2N)cc1. The molecule has 28 heteroatoms. The van der Waals surface area contributed by atoms with E-state index < -0.39 is 87.7 Å². The van der Waals surface area contributed by atoms with E-state index >= 15 is 0 Å². The second kappa shape index (κ2) is 15.6. The number of hydrogen-bond donors (Lipinski definition) is 6. The third-order valence-electron chi connectivity index (χ3n) is 6.40. The molecule has 7 N–H and O–H groups in total. The van der Waals surface area contributed by atoms with Crippen LogP contribution in [0.25, 0.3) is 10.8 Å². The summed E-state index contributed by atoms with van der Waals surface area (Å²) in [6, 6.07) is 8.10. The molecule has 52 heavy (non-hydrogen) atoms. The van der Waals surface area contributed by atoms with Crippen LogP contribution in [0.3, 0.4) is 0 Å². The summed E-state index contributed by atoms with van der Waals surface area (Å²) >= 11 is 0.243. The fraction of sp³-hybridized carbons (Fsp3) is 0.0833. The number of aromatic hydroxyl groups is 1. The first-order valence-corrected chi connectivity index (χ1v) is 21.1. The lowest BCUT2D eigenvalue weighted by Crippen LogP contribution is -2.04. The number of fused-ring (bicyclic) bond motifs is 1. The first-order chi connectivity index (χ1) is 24.1. The number of nitrogens with two attached hydrogens (primary N) is 1. The fourth-order valence-corrected chi connectivity index (χ4v) is 8.03. The summed E-state index contributed by atoms with van der Waals surface area (Å²) in [6.07, 6.45) is 1.67. The van der Waals surface area contributed by atoms with Gasteiger partial charge in [0.1, 0.15) is 26.9 Å². The summed E-state index contributed by atoms with van der Waals surface area (Å²) in [5.74, 6) is -1.12. The van der Waals surface area contributed by atoms with Crippen molar-refractivity contribution in [2.24, 2.45) is 20.5 Å². The second-order valence-corrected chi connectivity index (χ2v) is 18.2. The van der Waals surface area contributed by atoms with Gasteiger partial charge in [0.15, 0.2) is 25.4 Å². The van der Waals surface area contributed by atoms with Gasteiger partial charge in [0.25, 0.3) is 20.2 Å². The van der Waals surface area contributed by atoms with E-state index in [9.17, 15) is 47.9 Å². The van der Waals surface area contributed by atoms with Gasteiger partial charge in [-0.2, -0.15) is 21.9 Å². The predicted molar refractivity (Wildman–Crippen MR) is 178 cm³/mol. The highest BCUT2D eigenvalue weighted by atomic mass is 32.2. The number of azo groups is 2. The molecule has 4 aromatic rings. The Labute approximate surface area is 301 Å². The van der Waals surface area contributed by atoms with E-state index in [2.05, 4.69) is 39.2 Å². The summed E-state index contributed by atoms with van der Waals surface area (Å²) in [5, 5.41) is 50.2. The number of phenolic OH excluding ortho intramolecular Hbond substituents is 1. The minimum Gasteiger partial charge on any atom is -0.505 e. The van der Waals surface area contributed by atoms with Gasteiger partial charge < -0.3 is 10.8 Å². The van der Waals surface area contributed by atoms with Crippen molar-refractivity contribution in [3.05, 3.63) is 48.5 Å². The smallest absolute Gasteiger partial charge is 0.296 e. The number of nitrogen functional groups attached to an aromatic ring is 1. The molecule has 22 nitrogen and oxygen atoms in total. The van der Waals surface area contributed by atoms with Crippen LogP contribution in [0.15, 0.2) is 98.4 Å². The van der Waals surface area contributed by atoms with Crippen molar-refractivity contribution in [1.29, 1.82) is 0 Å². The first-order valence-electron chi connectivity index (χ1n) is 13.0. The van der Waals surface area contributed by atoms with Crippen LogP contribution in [-0.2, 0) is 58.7 Å². The molecule has 0 aliphatic rings. The number of sulfone groups is 2. The second-order valence-electron chi connectivity index (χ2n) is 9.92. The van der Waals surface area contributed by atoms with Crippen LogP contribution in [-0.4, -0.2) is 70.9 Å². The highest BCUT2D eigenvalue weighted by Gasteiger charge is 2.28. The van der Waals surface area contributed by atoms with E-state index in [1.54, 1.807) is 0 Å². The number of rotatable bonds is 14. The van der Waals surface area contributed by atoms with Gasteiger partial charge in [-0.3, -0.25) is 9.11 Å². The highest BCUT2D eigenvalue weighted by molar-refractivity contribution is 7.95. The zero-order valence-electron chi connectivity index (χ0n) is 25.6.